The van der Waals surface area contributed by atoms with Crippen LogP contribution in [-0.2, 0) is 4.79 Å². The maximum atomic E-state index is 13.1. The number of rotatable bonds is 11. The number of nitrogens with two attached hydrogens (primary N) is 1. The van der Waals surface area contributed by atoms with Crippen molar-refractivity contribution in [1.29, 1.82) is 0 Å². The van der Waals surface area contributed by atoms with Crippen LogP contribution in [0.3, 0.4) is 0 Å². The lowest BCUT2D eigenvalue weighted by Crippen LogP contribution is -2.48. The molecule has 1 saturated heterocycles. The maximum absolute atomic E-state index is 13.1. The molecule has 1 heterocycles. The zero-order chi connectivity index (χ0) is 19.9. The van der Waals surface area contributed by atoms with Crippen LogP contribution in [0.1, 0.15) is 56.6 Å². The van der Waals surface area contributed by atoms with Crippen molar-refractivity contribution in [2.24, 2.45) is 5.73 Å². The van der Waals surface area contributed by atoms with Gasteiger partial charge in [-0.2, -0.15) is 0 Å². The van der Waals surface area contributed by atoms with Crippen LogP contribution in [-0.4, -0.2) is 51.8 Å². The molecule has 1 aliphatic rings. The summed E-state index contributed by atoms with van der Waals surface area (Å²) < 4.78 is 13.1. The predicted molar refractivity (Wildman–Crippen MR) is 103 cm³/mol. The van der Waals surface area contributed by atoms with Gasteiger partial charge in [0.1, 0.15) is 11.4 Å². The molecule has 0 aromatic heterocycles. The molecule has 2 unspecified atom stereocenters. The molecule has 27 heavy (non-hydrogen) atoms. The van der Waals surface area contributed by atoms with E-state index in [0.29, 0.717) is 32.1 Å². The Kier molecular flexibility index (Phi) is 8.22. The smallest absolute Gasteiger partial charge is 0.451 e. The van der Waals surface area contributed by atoms with Crippen molar-refractivity contribution in [3.63, 3.8) is 0 Å². The minimum absolute atomic E-state index is 0.225. The molecule has 1 fully saturated rings. The number of likely N-dealkylation sites (tertiary alicyclic amines) is 1. The quantitative estimate of drug-likeness (QED) is 0.346. The zero-order valence-corrected chi connectivity index (χ0v) is 15.7. The van der Waals surface area contributed by atoms with Gasteiger partial charge in [-0.05, 0) is 69.2 Å². The Morgan fingerprint density at radius 1 is 1.22 bits per heavy atom. The van der Waals surface area contributed by atoms with E-state index in [4.69, 9.17) is 15.8 Å². The average Bonchev–Trinajstić information content (AvgIpc) is 3.07. The number of carbonyl (C=O) groups is 1. The number of nitrogens with zero attached hydrogens (tertiary/aromatic N) is 1. The lowest BCUT2D eigenvalue weighted by molar-refractivity contribution is -0.144. The minimum Gasteiger partial charge on any atom is -0.480 e. The number of benzene rings is 1. The van der Waals surface area contributed by atoms with Gasteiger partial charge in [0.2, 0.25) is 0 Å². The van der Waals surface area contributed by atoms with Gasteiger partial charge in [0, 0.05) is 6.04 Å². The van der Waals surface area contributed by atoms with E-state index in [1.54, 1.807) is 0 Å². The van der Waals surface area contributed by atoms with Crippen LogP contribution in [0, 0.1) is 5.82 Å². The number of hydrogen-bond donors (Lipinski definition) is 4. The van der Waals surface area contributed by atoms with Crippen LogP contribution in [0.15, 0.2) is 24.3 Å². The number of halogens is 1. The standard InChI is InChI=1S/C19H30BFN2O4/c21-16-8-6-15(7-9-16)17-5-3-13-23(17)14-4-11-19(22,18(24)25)10-1-2-12-20(26)27/h6-9,17,26-27H,1-5,10-14,22H2,(H,24,25). The fourth-order valence-corrected chi connectivity index (χ4v) is 3.86. The summed E-state index contributed by atoms with van der Waals surface area (Å²) in [6, 6.07) is 6.83. The predicted octanol–water partition coefficient (Wildman–Crippen LogP) is 2.17. The highest BCUT2D eigenvalue weighted by atomic mass is 19.1. The Morgan fingerprint density at radius 2 is 1.89 bits per heavy atom. The highest BCUT2D eigenvalue weighted by molar-refractivity contribution is 6.40. The largest absolute Gasteiger partial charge is 0.480 e. The van der Waals surface area contributed by atoms with Crippen molar-refractivity contribution >= 4 is 13.1 Å². The molecular formula is C19H30BFN2O4. The van der Waals surface area contributed by atoms with Crippen molar-refractivity contribution in [1.82, 2.24) is 4.90 Å². The third-order valence-corrected chi connectivity index (χ3v) is 5.45. The van der Waals surface area contributed by atoms with Crippen LogP contribution in [0.4, 0.5) is 4.39 Å². The van der Waals surface area contributed by atoms with Gasteiger partial charge in [-0.25, -0.2) is 4.39 Å². The Hall–Kier alpha value is -1.48. The molecule has 150 valence electrons. The number of carboxylic acid groups (broad SMARTS) is 1. The molecular weight excluding hydrogens is 350 g/mol. The van der Waals surface area contributed by atoms with E-state index in [9.17, 15) is 14.3 Å². The monoisotopic (exact) mass is 380 g/mol. The van der Waals surface area contributed by atoms with E-state index in [1.165, 1.54) is 12.1 Å². The van der Waals surface area contributed by atoms with E-state index < -0.39 is 18.6 Å². The zero-order valence-electron chi connectivity index (χ0n) is 15.7. The first-order chi connectivity index (χ1) is 12.8. The minimum atomic E-state index is -1.36. The van der Waals surface area contributed by atoms with E-state index >= 15 is 0 Å². The molecule has 2 atom stereocenters. The summed E-state index contributed by atoms with van der Waals surface area (Å²) in [5.41, 5.74) is 5.93. The van der Waals surface area contributed by atoms with Gasteiger partial charge in [0.25, 0.3) is 0 Å². The maximum Gasteiger partial charge on any atom is 0.451 e. The molecule has 0 aliphatic carbocycles. The molecule has 8 heteroatoms. The van der Waals surface area contributed by atoms with Crippen molar-refractivity contribution in [3.05, 3.63) is 35.6 Å². The molecule has 0 radical (unpaired) electrons. The van der Waals surface area contributed by atoms with Gasteiger partial charge < -0.3 is 20.9 Å². The van der Waals surface area contributed by atoms with Crippen LogP contribution >= 0.6 is 0 Å². The summed E-state index contributed by atoms with van der Waals surface area (Å²) in [7, 11) is -1.36. The summed E-state index contributed by atoms with van der Waals surface area (Å²) in [5.74, 6) is -1.25. The van der Waals surface area contributed by atoms with Gasteiger partial charge in [0.15, 0.2) is 0 Å². The molecule has 2 rings (SSSR count). The molecule has 5 N–H and O–H groups in total. The highest BCUT2D eigenvalue weighted by Gasteiger charge is 2.34. The SMILES string of the molecule is NC(CCCCB(O)O)(CCCN1CCCC1c1ccc(F)cc1)C(=O)O. The molecule has 0 spiro atoms. The Balaban J connectivity index is 1.84. The van der Waals surface area contributed by atoms with E-state index in [0.717, 1.165) is 31.5 Å². The lowest BCUT2D eigenvalue weighted by atomic mass is 9.81. The number of unbranched alkanes of at least 4 members (excludes halogenated alkanes) is 1. The third kappa shape index (κ3) is 6.57. The summed E-state index contributed by atoms with van der Waals surface area (Å²) >= 11 is 0. The number of hydrogen-bond acceptors (Lipinski definition) is 5. The fraction of sp³-hybridized carbons (Fsp3) is 0.632. The van der Waals surface area contributed by atoms with Crippen molar-refractivity contribution in [3.8, 4) is 0 Å². The van der Waals surface area contributed by atoms with Gasteiger partial charge in [0.05, 0.1) is 0 Å². The van der Waals surface area contributed by atoms with Crippen molar-refractivity contribution in [2.45, 2.75) is 62.8 Å². The van der Waals surface area contributed by atoms with Crippen LogP contribution in [0.2, 0.25) is 6.32 Å². The first-order valence-electron chi connectivity index (χ1n) is 9.70. The van der Waals surface area contributed by atoms with Crippen LogP contribution < -0.4 is 5.73 Å². The molecule has 0 bridgehead atoms. The average molecular weight is 380 g/mol. The summed E-state index contributed by atoms with van der Waals surface area (Å²) in [6.45, 7) is 1.70. The van der Waals surface area contributed by atoms with Crippen molar-refractivity contribution < 1.29 is 24.3 Å². The highest BCUT2D eigenvalue weighted by Crippen LogP contribution is 2.32. The molecule has 0 amide bonds. The number of carboxylic acids is 1. The van der Waals surface area contributed by atoms with Gasteiger partial charge >= 0.3 is 13.1 Å². The normalized spacial score (nSPS) is 19.8. The lowest BCUT2D eigenvalue weighted by Gasteiger charge is -2.28. The van der Waals surface area contributed by atoms with Crippen LogP contribution in [0.5, 0.6) is 0 Å². The summed E-state index contributed by atoms with van der Waals surface area (Å²) in [6.07, 6.45) is 4.74. The fourth-order valence-electron chi connectivity index (χ4n) is 3.86. The Morgan fingerprint density at radius 3 is 2.52 bits per heavy atom. The number of aliphatic carboxylic acids is 1. The van der Waals surface area contributed by atoms with E-state index in [1.807, 2.05) is 12.1 Å². The molecule has 1 aromatic rings. The molecule has 1 aromatic carbocycles. The van der Waals surface area contributed by atoms with E-state index in [2.05, 4.69) is 4.90 Å². The Bertz CT molecular complexity index is 602. The van der Waals surface area contributed by atoms with Crippen LogP contribution in [0.25, 0.3) is 0 Å². The Labute approximate surface area is 160 Å². The topological polar surface area (TPSA) is 107 Å². The third-order valence-electron chi connectivity index (χ3n) is 5.45. The van der Waals surface area contributed by atoms with E-state index in [-0.39, 0.29) is 18.2 Å². The van der Waals surface area contributed by atoms with Gasteiger partial charge in [-0.1, -0.05) is 25.0 Å². The molecule has 6 nitrogen and oxygen atoms in total. The second-order valence-corrected chi connectivity index (χ2v) is 7.54. The first-order valence-corrected chi connectivity index (χ1v) is 9.70. The van der Waals surface area contributed by atoms with Gasteiger partial charge in [-0.15, -0.1) is 0 Å². The summed E-state index contributed by atoms with van der Waals surface area (Å²) in [4.78, 5) is 13.9. The second kappa shape index (κ2) is 10.2. The van der Waals surface area contributed by atoms with Gasteiger partial charge in [-0.3, -0.25) is 9.69 Å². The van der Waals surface area contributed by atoms with Crippen molar-refractivity contribution in [2.75, 3.05) is 13.1 Å². The summed E-state index contributed by atoms with van der Waals surface area (Å²) in [5, 5.41) is 27.3. The second-order valence-electron chi connectivity index (χ2n) is 7.54. The molecule has 0 saturated carbocycles. The first kappa shape index (κ1) is 21.8. The molecule has 1 aliphatic heterocycles.